The lowest BCUT2D eigenvalue weighted by Crippen LogP contribution is -2.40. The molecule has 1 fully saturated rings. The normalized spacial score (nSPS) is 17.6. The van der Waals surface area contributed by atoms with E-state index in [0.29, 0.717) is 80.9 Å². The zero-order valence-corrected chi connectivity index (χ0v) is 51.0. The lowest BCUT2D eigenvalue weighted by atomic mass is 9.98. The van der Waals surface area contributed by atoms with E-state index in [9.17, 15) is 36.9 Å². The Morgan fingerprint density at radius 2 is 1.25 bits per heavy atom. The molecule has 3 atom stereocenters. The third-order valence-corrected chi connectivity index (χ3v) is 20.4. The van der Waals surface area contributed by atoms with Crippen LogP contribution in [0.25, 0.3) is 0 Å². The number of imide groups is 1. The van der Waals surface area contributed by atoms with Crippen LogP contribution in [0.5, 0.6) is 17.2 Å². The van der Waals surface area contributed by atoms with E-state index in [1.54, 1.807) is 20.3 Å². The molecular weight excluding hydrogens is 1150 g/mol. The van der Waals surface area contributed by atoms with Crippen molar-refractivity contribution in [1.29, 1.82) is 0 Å². The molecule has 5 aliphatic heterocycles. The fourth-order valence-electron chi connectivity index (χ4n) is 11.8. The van der Waals surface area contributed by atoms with E-state index in [-0.39, 0.29) is 67.2 Å². The average Bonchev–Trinajstić information content (AvgIpc) is 1.88. The Bertz CT molecular complexity index is 3430. The molecule has 0 bridgehead atoms. The number of carbonyl (C=O) groups excluding carboxylic acids is 5. The number of ether oxygens (including phenoxy) is 6. The molecule has 0 spiro atoms. The molecule has 452 valence electrons. The molecule has 4 amide bonds. The predicted molar refractivity (Wildman–Crippen MR) is 324 cm³/mol. The van der Waals surface area contributed by atoms with Crippen molar-refractivity contribution in [3.05, 3.63) is 141 Å². The van der Waals surface area contributed by atoms with Crippen LogP contribution >= 0.6 is 21.6 Å². The smallest absolute Gasteiger partial charge is 0.353 e. The monoisotopic (exact) mass is 1220 g/mol. The summed E-state index contributed by atoms with van der Waals surface area (Å²) in [4.78, 5) is 76.9. The van der Waals surface area contributed by atoms with Gasteiger partial charge < -0.3 is 48.0 Å². The standard InChI is InChI=1S/C63H72N4O15S3/c1-40-28-50-43(14-16-47-32-45-10-6-8-12-52(45)65(47)60(50)70)34-54(40)80-37-41-29-42(38-81-56-35-44-15-17-48-33-46-11-7-9-13-53(46)66(48)61(71)51(44)36-55(56)77-5)31-49(30-41)64(21-22-78-25-26-79-24-23-76-4)39-63(2,3)84-83-27-20-57(85(73,74)75)62(72)82-67-58(68)18-19-59(67)69/h6-13,28-31,34-36,47-48,57H,14-27,32-33,37-39H2,1-5H3,(H,73,74,75)/t47-,48-,57?/m1/s1. The van der Waals surface area contributed by atoms with Gasteiger partial charge >= 0.3 is 5.97 Å². The van der Waals surface area contributed by atoms with E-state index < -0.39 is 37.9 Å². The maximum absolute atomic E-state index is 14.3. The van der Waals surface area contributed by atoms with Gasteiger partial charge in [-0.2, -0.15) is 8.42 Å². The summed E-state index contributed by atoms with van der Waals surface area (Å²) in [5.41, 5.74) is 10.6. The topological polar surface area (TPSA) is 217 Å². The number of hydroxylamine groups is 2. The van der Waals surface area contributed by atoms with Crippen molar-refractivity contribution >= 4 is 78.4 Å². The maximum atomic E-state index is 14.3. The fourth-order valence-corrected chi connectivity index (χ4v) is 15.2. The molecular formula is C63H72N4O15S3. The fraction of sp³-hybridized carbons (Fsp3) is 0.444. The second-order valence-electron chi connectivity index (χ2n) is 22.5. The molecule has 10 rings (SSSR count). The number of hydrogen-bond acceptors (Lipinski definition) is 17. The average molecular weight is 1220 g/mol. The second kappa shape index (κ2) is 26.9. The lowest BCUT2D eigenvalue weighted by molar-refractivity contribution is -0.197. The summed E-state index contributed by atoms with van der Waals surface area (Å²) < 4.78 is 70.7. The first kappa shape index (κ1) is 61.4. The Morgan fingerprint density at radius 1 is 0.694 bits per heavy atom. The molecule has 5 heterocycles. The zero-order chi connectivity index (χ0) is 60.0. The molecule has 19 nitrogen and oxygen atoms in total. The van der Waals surface area contributed by atoms with Crippen LogP contribution in [-0.4, -0.2) is 136 Å². The number of anilines is 3. The Kier molecular flexibility index (Phi) is 19.5. The number of methoxy groups -OCH3 is 2. The summed E-state index contributed by atoms with van der Waals surface area (Å²) in [7, 11) is 0.946. The molecule has 1 N–H and O–H groups in total. The van der Waals surface area contributed by atoms with Crippen LogP contribution in [0.4, 0.5) is 17.1 Å². The first-order valence-electron chi connectivity index (χ1n) is 28.7. The highest BCUT2D eigenvalue weighted by molar-refractivity contribution is 8.77. The van der Waals surface area contributed by atoms with Crippen LogP contribution in [0.3, 0.4) is 0 Å². The van der Waals surface area contributed by atoms with Crippen molar-refractivity contribution in [3.8, 4) is 17.2 Å². The van der Waals surface area contributed by atoms with Crippen molar-refractivity contribution in [1.82, 2.24) is 5.06 Å². The third-order valence-electron chi connectivity index (χ3n) is 16.0. The van der Waals surface area contributed by atoms with Gasteiger partial charge in [-0.3, -0.25) is 23.7 Å². The van der Waals surface area contributed by atoms with Crippen molar-refractivity contribution in [2.45, 2.75) is 114 Å². The molecule has 5 aliphatic rings. The van der Waals surface area contributed by atoms with Gasteiger partial charge in [0, 0.05) is 83.8 Å². The molecule has 5 aromatic rings. The summed E-state index contributed by atoms with van der Waals surface area (Å²) in [6.07, 6.45) is 3.90. The molecule has 85 heavy (non-hydrogen) atoms. The highest BCUT2D eigenvalue weighted by atomic mass is 33.1. The highest BCUT2D eigenvalue weighted by Crippen LogP contribution is 2.43. The summed E-state index contributed by atoms with van der Waals surface area (Å²) in [6.45, 7) is 9.08. The Balaban J connectivity index is 0.912. The lowest BCUT2D eigenvalue weighted by Gasteiger charge is -2.34. The molecule has 0 radical (unpaired) electrons. The summed E-state index contributed by atoms with van der Waals surface area (Å²) in [6, 6.07) is 30.2. The number of aryl methyl sites for hydroxylation is 3. The Hall–Kier alpha value is -6.66. The van der Waals surface area contributed by atoms with Crippen molar-refractivity contribution in [2.75, 3.05) is 80.8 Å². The molecule has 0 aliphatic carbocycles. The van der Waals surface area contributed by atoms with Gasteiger partial charge in [-0.15, -0.1) is 5.06 Å². The van der Waals surface area contributed by atoms with Crippen molar-refractivity contribution in [3.63, 3.8) is 0 Å². The molecule has 1 saturated heterocycles. The zero-order valence-electron chi connectivity index (χ0n) is 48.5. The maximum Gasteiger partial charge on any atom is 0.353 e. The number of benzene rings is 5. The first-order chi connectivity index (χ1) is 40.9. The van der Waals surface area contributed by atoms with Gasteiger partial charge in [0.2, 0.25) is 0 Å². The molecule has 5 aromatic carbocycles. The largest absolute Gasteiger partial charge is 0.493 e. The van der Waals surface area contributed by atoms with Crippen LogP contribution in [0.2, 0.25) is 0 Å². The van der Waals surface area contributed by atoms with Crippen LogP contribution in [0, 0.1) is 6.92 Å². The second-order valence-corrected chi connectivity index (χ2v) is 27.2. The molecule has 0 aromatic heterocycles. The van der Waals surface area contributed by atoms with E-state index in [4.69, 9.17) is 33.3 Å². The van der Waals surface area contributed by atoms with E-state index in [1.165, 1.54) is 27.2 Å². The van der Waals surface area contributed by atoms with Gasteiger partial charge in [0.25, 0.3) is 33.7 Å². The summed E-state index contributed by atoms with van der Waals surface area (Å²) in [5.74, 6) is -1.37. The number of hydrogen-bond donors (Lipinski definition) is 1. The predicted octanol–water partition coefficient (Wildman–Crippen LogP) is 9.10. The number of para-hydroxylation sites is 2. The quantitative estimate of drug-likeness (QED) is 0.0224. The number of rotatable bonds is 27. The van der Waals surface area contributed by atoms with Gasteiger partial charge in [-0.25, -0.2) is 4.79 Å². The van der Waals surface area contributed by atoms with Gasteiger partial charge in [-0.1, -0.05) is 58.0 Å². The van der Waals surface area contributed by atoms with E-state index >= 15 is 0 Å². The van der Waals surface area contributed by atoms with Crippen LogP contribution in [0.15, 0.2) is 91.0 Å². The van der Waals surface area contributed by atoms with E-state index in [0.717, 1.165) is 82.5 Å². The summed E-state index contributed by atoms with van der Waals surface area (Å²) >= 11 is 0. The van der Waals surface area contributed by atoms with Crippen LogP contribution in [-0.2, 0) is 82.4 Å². The molecule has 22 heteroatoms. The van der Waals surface area contributed by atoms with Gasteiger partial charge in [0.1, 0.15) is 19.0 Å². The minimum absolute atomic E-state index is 0.00200. The van der Waals surface area contributed by atoms with E-state index in [1.807, 2.05) is 91.2 Å². The number of fused-ring (bicyclic) bond motifs is 8. The van der Waals surface area contributed by atoms with Gasteiger partial charge in [0.15, 0.2) is 16.7 Å². The van der Waals surface area contributed by atoms with Crippen LogP contribution in [0.1, 0.15) is 106 Å². The Labute approximate surface area is 504 Å². The first-order valence-corrected chi connectivity index (χ1v) is 32.5. The molecule has 1 unspecified atom stereocenters. The number of carbonyl (C=O) groups is 5. The van der Waals surface area contributed by atoms with Crippen molar-refractivity contribution < 1.29 is 70.2 Å². The van der Waals surface area contributed by atoms with Crippen molar-refractivity contribution in [2.24, 2.45) is 0 Å². The van der Waals surface area contributed by atoms with E-state index in [2.05, 4.69) is 29.2 Å². The number of nitrogens with zero attached hydrogens (tertiary/aromatic N) is 4. The summed E-state index contributed by atoms with van der Waals surface area (Å²) in [5, 5.41) is -1.77. The minimum Gasteiger partial charge on any atom is -0.493 e. The minimum atomic E-state index is -4.97. The van der Waals surface area contributed by atoms with Gasteiger partial charge in [0.05, 0.1) is 40.1 Å². The van der Waals surface area contributed by atoms with Gasteiger partial charge in [-0.05, 0) is 159 Å². The van der Waals surface area contributed by atoms with Crippen LogP contribution < -0.4 is 28.9 Å². The highest BCUT2D eigenvalue weighted by Gasteiger charge is 2.41. The SMILES string of the molecule is COCCOCCOCCN(CC(C)(C)SSCCC(C(=O)ON1C(=O)CCC1=O)S(=O)(=O)O)c1cc(COc2cc3c(cc2C)C(=O)N2c4ccccc4C[C@H]2CC3)cc(COc2cc3c(cc2OC)C(=O)N2c4ccccc4C[C@H]2CC3)c1. The third kappa shape index (κ3) is 14.3. The molecule has 0 saturated carbocycles. The number of amides is 4. The Morgan fingerprint density at radius 3 is 1.84 bits per heavy atom.